The number of thiazole rings is 1. The fraction of sp³-hybridized carbons (Fsp3) is 0.0667. The van der Waals surface area contributed by atoms with Crippen LogP contribution in [0.4, 0.5) is 0 Å². The first-order chi connectivity index (χ1) is 10.2. The van der Waals surface area contributed by atoms with E-state index in [1.54, 1.807) is 6.07 Å². The van der Waals surface area contributed by atoms with Gasteiger partial charge in [0, 0.05) is 6.54 Å². The number of hydrogen-bond acceptors (Lipinski definition) is 3. The number of nitrogens with zero attached hydrogens (tertiary/aromatic N) is 2. The minimum absolute atomic E-state index is 0.213. The van der Waals surface area contributed by atoms with Crippen molar-refractivity contribution in [2.24, 2.45) is 4.99 Å². The topological polar surface area (TPSA) is 34.4 Å². The van der Waals surface area contributed by atoms with Gasteiger partial charge >= 0.3 is 0 Å². The van der Waals surface area contributed by atoms with Gasteiger partial charge in [-0.3, -0.25) is 4.79 Å². The van der Waals surface area contributed by atoms with Crippen LogP contribution >= 0.6 is 38.6 Å². The highest BCUT2D eigenvalue weighted by Crippen LogP contribution is 2.23. The maximum absolute atomic E-state index is 12.3. The fourth-order valence-corrected chi connectivity index (χ4v) is 4.29. The number of amides is 1. The molecule has 0 aliphatic carbocycles. The zero-order valence-corrected chi connectivity index (χ0v) is 14.2. The Kier molecular flexibility index (Phi) is 4.19. The molecule has 0 spiro atoms. The summed E-state index contributed by atoms with van der Waals surface area (Å²) < 4.78 is 4.04. The van der Waals surface area contributed by atoms with Crippen LogP contribution in [0.15, 0.2) is 57.8 Å². The van der Waals surface area contributed by atoms with Crippen LogP contribution in [0.2, 0.25) is 0 Å². The smallest absolute Gasteiger partial charge is 0.289 e. The molecule has 3 rings (SSSR count). The van der Waals surface area contributed by atoms with Crippen LogP contribution in [-0.4, -0.2) is 10.5 Å². The molecule has 0 unspecified atom stereocenters. The summed E-state index contributed by atoms with van der Waals surface area (Å²) in [6, 6.07) is 11.7. The first-order valence-corrected chi connectivity index (χ1v) is 8.65. The van der Waals surface area contributed by atoms with E-state index in [1.807, 2.05) is 41.0 Å². The van der Waals surface area contributed by atoms with E-state index in [2.05, 4.69) is 27.5 Å². The maximum atomic E-state index is 12.3. The van der Waals surface area contributed by atoms with E-state index in [9.17, 15) is 4.79 Å². The highest BCUT2D eigenvalue weighted by molar-refractivity contribution is 9.11. The van der Waals surface area contributed by atoms with Crippen LogP contribution in [0.3, 0.4) is 0 Å². The van der Waals surface area contributed by atoms with Crippen molar-refractivity contribution in [3.63, 3.8) is 0 Å². The number of thiophene rings is 1. The molecule has 2 heterocycles. The highest BCUT2D eigenvalue weighted by Gasteiger charge is 2.10. The molecule has 1 aromatic carbocycles. The normalized spacial score (nSPS) is 12.0. The Balaban J connectivity index is 2.14. The summed E-state index contributed by atoms with van der Waals surface area (Å²) in [6.45, 7) is 4.41. The molecule has 3 aromatic rings. The van der Waals surface area contributed by atoms with E-state index in [-0.39, 0.29) is 5.91 Å². The van der Waals surface area contributed by atoms with E-state index in [4.69, 9.17) is 0 Å². The minimum atomic E-state index is -0.213. The molecule has 0 aliphatic heterocycles. The fourth-order valence-electron chi connectivity index (χ4n) is 1.98. The number of para-hydroxylation sites is 1. The summed E-state index contributed by atoms with van der Waals surface area (Å²) in [7, 11) is 0. The van der Waals surface area contributed by atoms with E-state index in [0.29, 0.717) is 16.2 Å². The Labute approximate surface area is 138 Å². The van der Waals surface area contributed by atoms with Crippen LogP contribution in [0, 0.1) is 0 Å². The second kappa shape index (κ2) is 6.09. The predicted molar refractivity (Wildman–Crippen MR) is 91.9 cm³/mol. The summed E-state index contributed by atoms with van der Waals surface area (Å²) >= 11 is 6.27. The second-order valence-electron chi connectivity index (χ2n) is 4.27. The van der Waals surface area contributed by atoms with Gasteiger partial charge in [-0.25, -0.2) is 0 Å². The summed E-state index contributed by atoms with van der Waals surface area (Å²) in [6.07, 6.45) is 1.81. The number of benzene rings is 1. The van der Waals surface area contributed by atoms with Gasteiger partial charge < -0.3 is 4.57 Å². The van der Waals surface area contributed by atoms with Crippen molar-refractivity contribution >= 4 is 54.7 Å². The SMILES string of the molecule is C=CCn1c(=NC(=O)c2ccc(Br)s2)sc2ccccc21. The Morgan fingerprint density at radius 2 is 2.10 bits per heavy atom. The number of allylic oxidation sites excluding steroid dienone is 1. The first-order valence-electron chi connectivity index (χ1n) is 6.22. The maximum Gasteiger partial charge on any atom is 0.289 e. The average molecular weight is 379 g/mol. The van der Waals surface area contributed by atoms with Crippen molar-refractivity contribution in [1.29, 1.82) is 0 Å². The Hall–Kier alpha value is -1.50. The van der Waals surface area contributed by atoms with Crippen molar-refractivity contribution in [3.05, 3.63) is 62.5 Å². The molecular weight excluding hydrogens is 368 g/mol. The molecule has 1 amide bonds. The van der Waals surface area contributed by atoms with Gasteiger partial charge in [-0.2, -0.15) is 4.99 Å². The number of fused-ring (bicyclic) bond motifs is 1. The molecule has 0 fully saturated rings. The molecule has 106 valence electrons. The number of rotatable bonds is 3. The van der Waals surface area contributed by atoms with E-state index >= 15 is 0 Å². The van der Waals surface area contributed by atoms with Crippen LogP contribution < -0.4 is 4.80 Å². The average Bonchev–Trinajstić information content (AvgIpc) is 3.04. The van der Waals surface area contributed by atoms with Crippen molar-refractivity contribution in [2.45, 2.75) is 6.54 Å². The Bertz CT molecular complexity index is 888. The van der Waals surface area contributed by atoms with Gasteiger partial charge in [0.25, 0.3) is 5.91 Å². The second-order valence-corrected chi connectivity index (χ2v) is 7.74. The third kappa shape index (κ3) is 2.92. The van der Waals surface area contributed by atoms with Crippen LogP contribution in [0.25, 0.3) is 10.2 Å². The van der Waals surface area contributed by atoms with Gasteiger partial charge in [0.05, 0.1) is 18.9 Å². The summed E-state index contributed by atoms with van der Waals surface area (Å²) in [4.78, 5) is 17.9. The molecule has 0 atom stereocenters. The van der Waals surface area contributed by atoms with E-state index < -0.39 is 0 Å². The molecular formula is C15H11BrN2OS2. The predicted octanol–water partition coefficient (Wildman–Crippen LogP) is 4.45. The number of halogens is 1. The standard InChI is InChI=1S/C15H11BrN2OS2/c1-2-9-18-10-5-3-4-6-11(10)21-15(18)17-14(19)12-7-8-13(16)20-12/h2-8H,1,9H2. The lowest BCUT2D eigenvalue weighted by Gasteiger charge is -1.99. The molecule has 0 saturated carbocycles. The minimum Gasteiger partial charge on any atom is -0.312 e. The third-order valence-electron chi connectivity index (χ3n) is 2.88. The molecule has 0 bridgehead atoms. The van der Waals surface area contributed by atoms with Crippen molar-refractivity contribution in [1.82, 2.24) is 4.57 Å². The van der Waals surface area contributed by atoms with E-state index in [1.165, 1.54) is 22.7 Å². The van der Waals surface area contributed by atoms with Crippen molar-refractivity contribution in [2.75, 3.05) is 0 Å². The quantitative estimate of drug-likeness (QED) is 0.619. The third-order valence-corrected chi connectivity index (χ3v) is 5.55. The molecule has 0 aliphatic rings. The van der Waals surface area contributed by atoms with Crippen molar-refractivity contribution < 1.29 is 4.79 Å². The lowest BCUT2D eigenvalue weighted by molar-refractivity contribution is 0.100. The van der Waals surface area contributed by atoms with Gasteiger partial charge in [0.1, 0.15) is 0 Å². The monoisotopic (exact) mass is 378 g/mol. The Morgan fingerprint density at radius 1 is 1.29 bits per heavy atom. The highest BCUT2D eigenvalue weighted by atomic mass is 79.9. The summed E-state index contributed by atoms with van der Waals surface area (Å²) in [5.41, 5.74) is 1.07. The lowest BCUT2D eigenvalue weighted by Crippen LogP contribution is -2.15. The van der Waals surface area contributed by atoms with Gasteiger partial charge in [-0.15, -0.1) is 17.9 Å². The van der Waals surface area contributed by atoms with Gasteiger partial charge in [-0.1, -0.05) is 29.5 Å². The molecule has 6 heteroatoms. The molecule has 2 aromatic heterocycles. The first kappa shape index (κ1) is 14.4. The Morgan fingerprint density at radius 3 is 2.81 bits per heavy atom. The number of aromatic nitrogens is 1. The van der Waals surface area contributed by atoms with Gasteiger partial charge in [0.15, 0.2) is 4.80 Å². The molecule has 0 radical (unpaired) electrons. The number of hydrogen-bond donors (Lipinski definition) is 0. The van der Waals surface area contributed by atoms with Crippen LogP contribution in [0.1, 0.15) is 9.67 Å². The molecule has 0 saturated heterocycles. The zero-order chi connectivity index (χ0) is 14.8. The van der Waals surface area contributed by atoms with Gasteiger partial charge in [0.2, 0.25) is 0 Å². The zero-order valence-electron chi connectivity index (χ0n) is 11.0. The number of carbonyl (C=O) groups is 1. The van der Waals surface area contributed by atoms with Crippen LogP contribution in [-0.2, 0) is 6.54 Å². The number of carbonyl (C=O) groups excluding carboxylic acids is 1. The van der Waals surface area contributed by atoms with Crippen molar-refractivity contribution in [3.8, 4) is 0 Å². The van der Waals surface area contributed by atoms with Gasteiger partial charge in [-0.05, 0) is 40.2 Å². The van der Waals surface area contributed by atoms with Crippen LogP contribution in [0.5, 0.6) is 0 Å². The molecule has 3 nitrogen and oxygen atoms in total. The lowest BCUT2D eigenvalue weighted by atomic mass is 10.3. The molecule has 0 N–H and O–H groups in total. The largest absolute Gasteiger partial charge is 0.312 e. The molecule has 21 heavy (non-hydrogen) atoms. The summed E-state index contributed by atoms with van der Waals surface area (Å²) in [5.74, 6) is -0.213. The summed E-state index contributed by atoms with van der Waals surface area (Å²) in [5, 5.41) is 0. The van der Waals surface area contributed by atoms with E-state index in [0.717, 1.165) is 14.0 Å².